The van der Waals surface area contributed by atoms with E-state index in [0.717, 1.165) is 69.6 Å². The molecule has 0 saturated heterocycles. The summed E-state index contributed by atoms with van der Waals surface area (Å²) in [5.41, 5.74) is -1.06. The molecule has 2 unspecified atom stereocenters. The van der Waals surface area contributed by atoms with Crippen LogP contribution in [0.1, 0.15) is 163 Å². The first-order chi connectivity index (χ1) is 18.4. The Morgan fingerprint density at radius 3 is 1.53 bits per heavy atom. The van der Waals surface area contributed by atoms with Gasteiger partial charge in [-0.2, -0.15) is 0 Å². The quantitative estimate of drug-likeness (QED) is 0.0886. The molecule has 2 aliphatic rings. The summed E-state index contributed by atoms with van der Waals surface area (Å²) in [7, 11) is 0. The van der Waals surface area contributed by atoms with Crippen molar-refractivity contribution in [3.05, 3.63) is 0 Å². The van der Waals surface area contributed by atoms with E-state index in [0.29, 0.717) is 25.6 Å². The van der Waals surface area contributed by atoms with Crippen LogP contribution in [0, 0.1) is 29.1 Å². The summed E-state index contributed by atoms with van der Waals surface area (Å²) in [6.45, 7) is 10.0. The molecule has 0 spiro atoms. The van der Waals surface area contributed by atoms with Crippen molar-refractivity contribution in [1.82, 2.24) is 0 Å². The standard InChI is InChI=1S/C34H62O4/c1-28(2)20-13-9-5-7-11-17-26-37-32(35)34(25-19-23-30-22-15-16-24-31(30)34)33(36)38-27-18-12-8-6-10-14-21-29(3)4/h28-31H,5-27H2,1-4H3. The smallest absolute Gasteiger partial charge is 0.323 e. The van der Waals surface area contributed by atoms with Gasteiger partial charge in [-0.25, -0.2) is 0 Å². The van der Waals surface area contributed by atoms with E-state index in [4.69, 9.17) is 9.47 Å². The second-order valence-corrected chi connectivity index (χ2v) is 13.4. The van der Waals surface area contributed by atoms with Crippen LogP contribution in [0.3, 0.4) is 0 Å². The van der Waals surface area contributed by atoms with Crippen molar-refractivity contribution in [2.45, 2.75) is 163 Å². The van der Waals surface area contributed by atoms with E-state index in [1.165, 1.54) is 70.6 Å². The number of esters is 2. The Bertz CT molecular complexity index is 600. The topological polar surface area (TPSA) is 52.6 Å². The van der Waals surface area contributed by atoms with Crippen molar-refractivity contribution in [1.29, 1.82) is 0 Å². The van der Waals surface area contributed by atoms with Gasteiger partial charge in [0.15, 0.2) is 5.41 Å². The maximum atomic E-state index is 13.6. The van der Waals surface area contributed by atoms with E-state index < -0.39 is 5.41 Å². The van der Waals surface area contributed by atoms with Gasteiger partial charge in [0.25, 0.3) is 0 Å². The maximum Gasteiger partial charge on any atom is 0.323 e. The first-order valence-electron chi connectivity index (χ1n) is 16.7. The normalized spacial score (nSPS) is 20.9. The van der Waals surface area contributed by atoms with E-state index in [1.54, 1.807) is 0 Å². The van der Waals surface area contributed by atoms with Crippen LogP contribution in [0.25, 0.3) is 0 Å². The lowest BCUT2D eigenvalue weighted by Crippen LogP contribution is -2.53. The summed E-state index contributed by atoms with van der Waals surface area (Å²) in [6, 6.07) is 0. The number of rotatable bonds is 20. The van der Waals surface area contributed by atoms with Crippen LogP contribution in [-0.2, 0) is 19.1 Å². The molecule has 2 saturated carbocycles. The van der Waals surface area contributed by atoms with Gasteiger partial charge < -0.3 is 9.47 Å². The number of carbonyl (C=O) groups is 2. The van der Waals surface area contributed by atoms with Crippen LogP contribution in [0.15, 0.2) is 0 Å². The van der Waals surface area contributed by atoms with E-state index in [1.807, 2.05) is 0 Å². The zero-order valence-corrected chi connectivity index (χ0v) is 25.7. The van der Waals surface area contributed by atoms with Gasteiger partial charge in [-0.3, -0.25) is 9.59 Å². The highest BCUT2D eigenvalue weighted by molar-refractivity contribution is 6.00. The molecule has 222 valence electrons. The molecule has 2 aliphatic carbocycles. The van der Waals surface area contributed by atoms with Gasteiger partial charge in [-0.05, 0) is 49.4 Å². The number of hydrogen-bond acceptors (Lipinski definition) is 4. The molecule has 0 bridgehead atoms. The van der Waals surface area contributed by atoms with Gasteiger partial charge >= 0.3 is 11.9 Å². The number of carbonyl (C=O) groups excluding carboxylic acids is 2. The first-order valence-corrected chi connectivity index (χ1v) is 16.7. The highest BCUT2D eigenvalue weighted by atomic mass is 16.6. The fourth-order valence-corrected chi connectivity index (χ4v) is 6.93. The lowest BCUT2D eigenvalue weighted by Gasteiger charge is -2.46. The molecule has 2 atom stereocenters. The van der Waals surface area contributed by atoms with E-state index >= 15 is 0 Å². The van der Waals surface area contributed by atoms with Gasteiger partial charge in [0, 0.05) is 0 Å². The van der Waals surface area contributed by atoms with E-state index in [-0.39, 0.29) is 17.9 Å². The molecular weight excluding hydrogens is 472 g/mol. The average molecular weight is 535 g/mol. The summed E-state index contributed by atoms with van der Waals surface area (Å²) < 4.78 is 11.7. The van der Waals surface area contributed by atoms with Crippen LogP contribution >= 0.6 is 0 Å². The van der Waals surface area contributed by atoms with Crippen molar-refractivity contribution < 1.29 is 19.1 Å². The van der Waals surface area contributed by atoms with Crippen molar-refractivity contribution in [3.8, 4) is 0 Å². The van der Waals surface area contributed by atoms with Gasteiger partial charge in [0.05, 0.1) is 13.2 Å². The third kappa shape index (κ3) is 11.6. The van der Waals surface area contributed by atoms with Gasteiger partial charge in [0.2, 0.25) is 0 Å². The molecule has 0 aliphatic heterocycles. The monoisotopic (exact) mass is 534 g/mol. The van der Waals surface area contributed by atoms with Crippen LogP contribution in [0.4, 0.5) is 0 Å². The molecule has 0 amide bonds. The number of unbranched alkanes of at least 4 members (excludes halogenated alkanes) is 10. The van der Waals surface area contributed by atoms with Crippen LogP contribution in [0.5, 0.6) is 0 Å². The Labute approximate surface area is 235 Å². The predicted molar refractivity (Wildman–Crippen MR) is 158 cm³/mol. The molecule has 0 aromatic heterocycles. The molecule has 0 aromatic carbocycles. The Kier molecular flexibility index (Phi) is 16.7. The maximum absolute atomic E-state index is 13.6. The number of ether oxygens (including phenoxy) is 2. The average Bonchev–Trinajstić information content (AvgIpc) is 2.90. The van der Waals surface area contributed by atoms with Crippen molar-refractivity contribution >= 4 is 11.9 Å². The Balaban J connectivity index is 1.78. The summed E-state index contributed by atoms with van der Waals surface area (Å²) in [4.78, 5) is 27.2. The number of hydrogen-bond donors (Lipinski definition) is 0. The van der Waals surface area contributed by atoms with Gasteiger partial charge in [-0.1, -0.05) is 137 Å². The summed E-state index contributed by atoms with van der Waals surface area (Å²) in [5, 5.41) is 0. The molecule has 2 fully saturated rings. The SMILES string of the molecule is CC(C)CCCCCCCCOC(=O)C1(C(=O)OCCCCCCCCC(C)C)CCCC2CCCCC21. The minimum atomic E-state index is -1.06. The van der Waals surface area contributed by atoms with E-state index in [9.17, 15) is 9.59 Å². The highest BCUT2D eigenvalue weighted by Crippen LogP contribution is 2.52. The Hall–Kier alpha value is -1.06. The molecule has 2 rings (SSSR count). The summed E-state index contributed by atoms with van der Waals surface area (Å²) in [5.74, 6) is 1.60. The minimum absolute atomic E-state index is 0.104. The molecule has 38 heavy (non-hydrogen) atoms. The van der Waals surface area contributed by atoms with Crippen molar-refractivity contribution in [2.75, 3.05) is 13.2 Å². The largest absolute Gasteiger partial charge is 0.465 e. The van der Waals surface area contributed by atoms with Gasteiger partial charge in [-0.15, -0.1) is 0 Å². The number of fused-ring (bicyclic) bond motifs is 1. The molecular formula is C34H62O4. The molecule has 0 aromatic rings. The zero-order valence-electron chi connectivity index (χ0n) is 25.7. The first kappa shape index (κ1) is 33.1. The second kappa shape index (κ2) is 19.1. The summed E-state index contributed by atoms with van der Waals surface area (Å²) in [6.07, 6.45) is 23.9. The van der Waals surface area contributed by atoms with Crippen LogP contribution in [-0.4, -0.2) is 25.2 Å². The Morgan fingerprint density at radius 2 is 1.03 bits per heavy atom. The molecule has 4 nitrogen and oxygen atoms in total. The molecule has 0 heterocycles. The van der Waals surface area contributed by atoms with Gasteiger partial charge in [0.1, 0.15) is 0 Å². The van der Waals surface area contributed by atoms with Crippen LogP contribution < -0.4 is 0 Å². The molecule has 0 radical (unpaired) electrons. The van der Waals surface area contributed by atoms with Crippen molar-refractivity contribution in [2.24, 2.45) is 29.1 Å². The lowest BCUT2D eigenvalue weighted by molar-refractivity contribution is -0.184. The minimum Gasteiger partial charge on any atom is -0.465 e. The second-order valence-electron chi connectivity index (χ2n) is 13.4. The third-order valence-electron chi connectivity index (χ3n) is 9.23. The highest BCUT2D eigenvalue weighted by Gasteiger charge is 2.58. The lowest BCUT2D eigenvalue weighted by atomic mass is 9.57. The third-order valence-corrected chi connectivity index (χ3v) is 9.23. The van der Waals surface area contributed by atoms with E-state index in [2.05, 4.69) is 27.7 Å². The fourth-order valence-electron chi connectivity index (χ4n) is 6.93. The fraction of sp³-hybridized carbons (Fsp3) is 0.941. The molecule has 0 N–H and O–H groups in total. The molecule has 4 heteroatoms. The van der Waals surface area contributed by atoms with Crippen LogP contribution in [0.2, 0.25) is 0 Å². The summed E-state index contributed by atoms with van der Waals surface area (Å²) >= 11 is 0. The predicted octanol–water partition coefficient (Wildman–Crippen LogP) is 9.82. The zero-order chi connectivity index (χ0) is 27.6. The van der Waals surface area contributed by atoms with Crippen molar-refractivity contribution in [3.63, 3.8) is 0 Å². The Morgan fingerprint density at radius 1 is 0.605 bits per heavy atom.